The maximum Gasteiger partial charge on any atom is 0.248 e. The lowest BCUT2D eigenvalue weighted by Gasteiger charge is -2.43. The second-order valence-corrected chi connectivity index (χ2v) is 9.80. The second kappa shape index (κ2) is 11.5. The van der Waals surface area contributed by atoms with Gasteiger partial charge in [0.05, 0.1) is 5.54 Å². The van der Waals surface area contributed by atoms with Gasteiger partial charge in [0.2, 0.25) is 17.7 Å². The Hall–Kier alpha value is -3.79. The fourth-order valence-electron chi connectivity index (χ4n) is 4.28. The van der Waals surface area contributed by atoms with Crippen molar-refractivity contribution >= 4 is 23.4 Å². The van der Waals surface area contributed by atoms with Crippen LogP contribution in [0, 0.1) is 16.6 Å². The summed E-state index contributed by atoms with van der Waals surface area (Å²) in [7, 11) is 1.50. The van der Waals surface area contributed by atoms with Gasteiger partial charge in [-0.25, -0.2) is 4.39 Å². The third kappa shape index (κ3) is 6.51. The fourth-order valence-corrected chi connectivity index (χ4v) is 4.28. The normalized spacial score (nSPS) is 18.6. The third-order valence-corrected chi connectivity index (χ3v) is 6.42. The number of ether oxygens (including phenoxy) is 1. The maximum absolute atomic E-state index is 14.1. The van der Waals surface area contributed by atoms with Crippen molar-refractivity contribution in [1.29, 1.82) is 5.41 Å². The molecule has 0 aromatic heterocycles. The molecule has 9 nitrogen and oxygen atoms in total. The molecule has 0 bridgehead atoms. The molecule has 198 valence electrons. The molecule has 1 heterocycles. The molecule has 0 aliphatic carbocycles. The average molecular weight is 512 g/mol. The SMILES string of the molecule is CNC(=O)[C@]1(Cc2ccccc2)CN(C(=O)[C@@H](COc2ccccc2F)NC(=O)C(C)(C)N)CCC1=N. The van der Waals surface area contributed by atoms with Gasteiger partial charge in [-0.1, -0.05) is 42.5 Å². The average Bonchev–Trinajstić information content (AvgIpc) is 2.87. The van der Waals surface area contributed by atoms with Gasteiger partial charge in [-0.05, 0) is 38.0 Å². The van der Waals surface area contributed by atoms with Crippen molar-refractivity contribution in [1.82, 2.24) is 15.5 Å². The van der Waals surface area contributed by atoms with E-state index in [0.29, 0.717) is 0 Å². The van der Waals surface area contributed by atoms with Crippen LogP contribution in [0.5, 0.6) is 5.75 Å². The van der Waals surface area contributed by atoms with E-state index in [9.17, 15) is 18.8 Å². The Kier molecular flexibility index (Phi) is 8.65. The Balaban J connectivity index is 1.89. The first kappa shape index (κ1) is 27.8. The summed E-state index contributed by atoms with van der Waals surface area (Å²) in [4.78, 5) is 41.0. The number of likely N-dealkylation sites (tertiary alicyclic amines) is 1. The highest BCUT2D eigenvalue weighted by atomic mass is 19.1. The summed E-state index contributed by atoms with van der Waals surface area (Å²) in [6, 6.07) is 13.9. The number of nitrogens with zero attached hydrogens (tertiary/aromatic N) is 1. The van der Waals surface area contributed by atoms with Gasteiger partial charge < -0.3 is 31.4 Å². The lowest BCUT2D eigenvalue weighted by Crippen LogP contribution is -2.63. The van der Waals surface area contributed by atoms with Crippen LogP contribution in [0.1, 0.15) is 25.8 Å². The molecule has 0 radical (unpaired) electrons. The minimum absolute atomic E-state index is 0.0582. The van der Waals surface area contributed by atoms with Gasteiger partial charge in [0.15, 0.2) is 11.6 Å². The largest absolute Gasteiger partial charge is 0.488 e. The number of rotatable bonds is 9. The number of para-hydroxylation sites is 1. The number of hydrogen-bond donors (Lipinski definition) is 4. The van der Waals surface area contributed by atoms with E-state index in [2.05, 4.69) is 10.6 Å². The lowest BCUT2D eigenvalue weighted by molar-refractivity contribution is -0.141. The Morgan fingerprint density at radius 1 is 1.16 bits per heavy atom. The summed E-state index contributed by atoms with van der Waals surface area (Å²) >= 11 is 0. The number of amides is 3. The van der Waals surface area contributed by atoms with E-state index in [1.165, 1.54) is 44.0 Å². The zero-order valence-corrected chi connectivity index (χ0v) is 21.3. The van der Waals surface area contributed by atoms with Gasteiger partial charge in [0.25, 0.3) is 0 Å². The molecule has 1 aliphatic rings. The maximum atomic E-state index is 14.1. The molecular weight excluding hydrogens is 477 g/mol. The number of benzene rings is 2. The van der Waals surface area contributed by atoms with E-state index in [1.807, 2.05) is 30.3 Å². The van der Waals surface area contributed by atoms with Crippen LogP contribution in [-0.4, -0.2) is 66.7 Å². The molecule has 1 aliphatic heterocycles. The predicted molar refractivity (Wildman–Crippen MR) is 138 cm³/mol. The van der Waals surface area contributed by atoms with Crippen LogP contribution in [0.25, 0.3) is 0 Å². The molecule has 1 saturated heterocycles. The Morgan fingerprint density at radius 3 is 2.43 bits per heavy atom. The summed E-state index contributed by atoms with van der Waals surface area (Å²) < 4.78 is 19.7. The molecule has 2 aromatic carbocycles. The number of carbonyl (C=O) groups excluding carboxylic acids is 3. The Labute approximate surface area is 216 Å². The highest BCUT2D eigenvalue weighted by Crippen LogP contribution is 2.32. The van der Waals surface area contributed by atoms with E-state index in [4.69, 9.17) is 15.9 Å². The molecule has 3 rings (SSSR count). The predicted octanol–water partition coefficient (Wildman–Crippen LogP) is 1.65. The highest BCUT2D eigenvalue weighted by molar-refractivity contribution is 6.09. The highest BCUT2D eigenvalue weighted by Gasteiger charge is 2.48. The van der Waals surface area contributed by atoms with Gasteiger partial charge in [-0.3, -0.25) is 14.4 Å². The number of carbonyl (C=O) groups is 3. The van der Waals surface area contributed by atoms with Gasteiger partial charge in [-0.15, -0.1) is 0 Å². The van der Waals surface area contributed by atoms with Crippen molar-refractivity contribution in [2.24, 2.45) is 11.1 Å². The Bertz CT molecular complexity index is 1140. The zero-order chi connectivity index (χ0) is 27.2. The number of nitrogens with two attached hydrogens (primary N) is 1. The second-order valence-electron chi connectivity index (χ2n) is 9.80. The smallest absolute Gasteiger partial charge is 0.248 e. The van der Waals surface area contributed by atoms with Gasteiger partial charge in [-0.2, -0.15) is 0 Å². The van der Waals surface area contributed by atoms with E-state index in [1.54, 1.807) is 6.07 Å². The van der Waals surface area contributed by atoms with Crippen LogP contribution in [0.3, 0.4) is 0 Å². The summed E-state index contributed by atoms with van der Waals surface area (Å²) in [5, 5.41) is 13.9. The first-order valence-corrected chi connectivity index (χ1v) is 12.1. The topological polar surface area (TPSA) is 138 Å². The van der Waals surface area contributed by atoms with Crippen LogP contribution >= 0.6 is 0 Å². The quantitative estimate of drug-likeness (QED) is 0.406. The number of nitrogens with one attached hydrogen (secondary N) is 3. The molecule has 0 saturated carbocycles. The van der Waals surface area contributed by atoms with E-state index in [-0.39, 0.29) is 49.9 Å². The summed E-state index contributed by atoms with van der Waals surface area (Å²) in [6.45, 7) is 2.78. The van der Waals surface area contributed by atoms with Crippen molar-refractivity contribution in [3.8, 4) is 5.75 Å². The minimum Gasteiger partial charge on any atom is -0.488 e. The molecule has 2 aromatic rings. The summed E-state index contributed by atoms with van der Waals surface area (Å²) in [5.74, 6) is -2.14. The first-order valence-electron chi connectivity index (χ1n) is 12.1. The molecule has 37 heavy (non-hydrogen) atoms. The van der Waals surface area contributed by atoms with Gasteiger partial charge in [0, 0.05) is 32.3 Å². The van der Waals surface area contributed by atoms with Crippen LogP contribution in [0.2, 0.25) is 0 Å². The van der Waals surface area contributed by atoms with Crippen molar-refractivity contribution in [2.75, 3.05) is 26.7 Å². The van der Waals surface area contributed by atoms with Crippen LogP contribution in [0.15, 0.2) is 54.6 Å². The fraction of sp³-hybridized carbons (Fsp3) is 0.407. The molecule has 2 atom stereocenters. The van der Waals surface area contributed by atoms with Gasteiger partial charge in [0.1, 0.15) is 18.1 Å². The summed E-state index contributed by atoms with van der Waals surface area (Å²) in [6.07, 6.45) is 0.415. The minimum atomic E-state index is -1.28. The van der Waals surface area contributed by atoms with Crippen molar-refractivity contribution in [3.05, 3.63) is 66.0 Å². The van der Waals surface area contributed by atoms with E-state index < -0.39 is 34.6 Å². The molecule has 1 fully saturated rings. The monoisotopic (exact) mass is 511 g/mol. The molecular formula is C27H34FN5O4. The van der Waals surface area contributed by atoms with Crippen LogP contribution < -0.4 is 21.1 Å². The van der Waals surface area contributed by atoms with E-state index in [0.717, 1.165) is 5.56 Å². The van der Waals surface area contributed by atoms with Crippen molar-refractivity contribution in [3.63, 3.8) is 0 Å². The van der Waals surface area contributed by atoms with Crippen LogP contribution in [0.4, 0.5) is 4.39 Å². The molecule has 3 amide bonds. The first-order chi connectivity index (χ1) is 17.5. The number of piperidine rings is 1. The molecule has 0 spiro atoms. The molecule has 0 unspecified atom stereocenters. The Morgan fingerprint density at radius 2 is 1.81 bits per heavy atom. The number of hydrogen-bond acceptors (Lipinski definition) is 6. The standard InChI is InChI=1S/C27H34FN5O4/c1-26(2,30)24(35)32-20(16-37-21-12-8-7-11-19(21)28)23(34)33-14-13-22(29)27(17-33,25(36)31-3)15-18-9-5-4-6-10-18/h4-12,20,29H,13-17,30H2,1-3H3,(H,31,36)(H,32,35)/t20-,27-/m1/s1. The van der Waals surface area contributed by atoms with Crippen molar-refractivity contribution in [2.45, 2.75) is 38.3 Å². The molecule has 10 heteroatoms. The van der Waals surface area contributed by atoms with Gasteiger partial charge >= 0.3 is 0 Å². The van der Waals surface area contributed by atoms with Crippen molar-refractivity contribution < 1.29 is 23.5 Å². The molecule has 5 N–H and O–H groups in total. The number of halogens is 1. The van der Waals surface area contributed by atoms with Crippen LogP contribution in [-0.2, 0) is 20.8 Å². The van der Waals surface area contributed by atoms with E-state index >= 15 is 0 Å². The lowest BCUT2D eigenvalue weighted by atomic mass is 9.72. The summed E-state index contributed by atoms with van der Waals surface area (Å²) in [5.41, 5.74) is 4.44. The third-order valence-electron chi connectivity index (χ3n) is 6.42. The zero-order valence-electron chi connectivity index (χ0n) is 21.3.